The van der Waals surface area contributed by atoms with Crippen LogP contribution in [0.3, 0.4) is 0 Å². The minimum atomic E-state index is -4.58. The smallest absolute Gasteiger partial charge is 0.268 e. The van der Waals surface area contributed by atoms with Gasteiger partial charge >= 0.3 is 0 Å². The van der Waals surface area contributed by atoms with Gasteiger partial charge in [-0.3, -0.25) is 9.36 Å². The van der Waals surface area contributed by atoms with E-state index < -0.39 is 20.0 Å². The predicted octanol–water partition coefficient (Wildman–Crippen LogP) is 26.4. The average molecular weight is 1290 g/mol. The Labute approximate surface area is 565 Å². The summed E-state index contributed by atoms with van der Waals surface area (Å²) in [5.41, 5.74) is 0. The van der Waals surface area contributed by atoms with Gasteiger partial charge < -0.3 is 28.8 Å². The fourth-order valence-corrected chi connectivity index (χ4v) is 14.2. The summed E-state index contributed by atoms with van der Waals surface area (Å²) in [5.74, 6) is -0.151. The third kappa shape index (κ3) is 74.9. The van der Waals surface area contributed by atoms with Crippen molar-refractivity contribution < 1.29 is 32.9 Å². The number of aliphatic hydroxyl groups is 1. The first-order valence-electron chi connectivity index (χ1n) is 41.4. The number of nitrogens with one attached hydrogen (secondary N) is 1. The van der Waals surface area contributed by atoms with Crippen molar-refractivity contribution in [1.82, 2.24) is 5.32 Å². The molecule has 0 radical (unpaired) electrons. The van der Waals surface area contributed by atoms with Gasteiger partial charge in [-0.2, -0.15) is 0 Å². The topological polar surface area (TPSA) is 108 Å². The lowest BCUT2D eigenvalue weighted by Gasteiger charge is -2.30. The summed E-state index contributed by atoms with van der Waals surface area (Å²) >= 11 is 0. The number of phosphoric ester groups is 1. The molecule has 540 valence electrons. The Balaban J connectivity index is 3.87. The second-order valence-corrected chi connectivity index (χ2v) is 31.6. The summed E-state index contributed by atoms with van der Waals surface area (Å²) in [6, 6.07) is -0.798. The fourth-order valence-electron chi connectivity index (χ4n) is 13.5. The zero-order valence-electron chi connectivity index (χ0n) is 62.2. The molecular formula is C81H165N2O6P. The molecule has 0 aromatic heterocycles. The molecule has 0 heterocycles. The molecule has 0 aliphatic rings. The summed E-state index contributed by atoms with van der Waals surface area (Å²) in [6.07, 6.45) is 93.9. The second-order valence-electron chi connectivity index (χ2n) is 30.2. The maximum absolute atomic E-state index is 13.1. The second kappa shape index (κ2) is 72.8. The molecule has 2 N–H and O–H groups in total. The maximum Gasteiger partial charge on any atom is 0.268 e. The molecule has 0 aromatic carbocycles. The number of phosphoric acid groups is 1. The molecule has 0 aliphatic heterocycles. The van der Waals surface area contributed by atoms with Gasteiger partial charge in [0.1, 0.15) is 13.2 Å². The normalized spacial score (nSPS) is 13.4. The van der Waals surface area contributed by atoms with Crippen LogP contribution in [-0.2, 0) is 18.4 Å². The number of hydrogen-bond donors (Lipinski definition) is 2. The molecule has 0 saturated heterocycles. The molecule has 1 amide bonds. The standard InChI is InChI=1S/C81H165N2O6P/c1-6-8-10-12-14-16-18-20-22-24-26-28-30-32-34-36-38-39-40-41-42-43-45-47-49-51-53-55-57-59-61-63-65-67-69-71-73-75-81(85)82-79(78-89-90(86,87)88-77-76-83(3,4)5)80(84)74-72-70-68-66-64-62-60-58-56-54-52-50-48-46-44-37-35-33-31-29-27-25-23-21-19-17-15-13-11-9-7-2/h79-80,84H,6-78H2,1-5H3,(H-,82,85,86,87). The Morgan fingerprint density at radius 2 is 0.544 bits per heavy atom. The van der Waals surface area contributed by atoms with E-state index in [1.54, 1.807) is 0 Å². The molecule has 0 aliphatic carbocycles. The third-order valence-corrected chi connectivity index (χ3v) is 20.8. The first-order chi connectivity index (χ1) is 44.0. The molecule has 0 saturated carbocycles. The van der Waals surface area contributed by atoms with E-state index in [4.69, 9.17) is 9.05 Å². The molecule has 90 heavy (non-hydrogen) atoms. The predicted molar refractivity (Wildman–Crippen MR) is 395 cm³/mol. The largest absolute Gasteiger partial charge is 0.756 e. The lowest BCUT2D eigenvalue weighted by atomic mass is 10.0. The van der Waals surface area contributed by atoms with Gasteiger partial charge in [-0.25, -0.2) is 0 Å². The zero-order valence-corrected chi connectivity index (χ0v) is 63.1. The van der Waals surface area contributed by atoms with Crippen LogP contribution in [0.5, 0.6) is 0 Å². The number of carbonyl (C=O) groups excluding carboxylic acids is 1. The van der Waals surface area contributed by atoms with Gasteiger partial charge in [-0.1, -0.05) is 444 Å². The number of amides is 1. The highest BCUT2D eigenvalue weighted by molar-refractivity contribution is 7.45. The van der Waals surface area contributed by atoms with E-state index in [0.29, 0.717) is 23.9 Å². The minimum Gasteiger partial charge on any atom is -0.756 e. The quantitative estimate of drug-likeness (QED) is 0.0357. The van der Waals surface area contributed by atoms with Crippen LogP contribution in [0.2, 0.25) is 0 Å². The number of rotatable bonds is 79. The van der Waals surface area contributed by atoms with Crippen molar-refractivity contribution in [3.8, 4) is 0 Å². The number of hydrogen-bond acceptors (Lipinski definition) is 6. The Bertz CT molecular complexity index is 1430. The third-order valence-electron chi connectivity index (χ3n) is 19.8. The van der Waals surface area contributed by atoms with Gasteiger partial charge in [-0.15, -0.1) is 0 Å². The first kappa shape index (κ1) is 89.5. The first-order valence-corrected chi connectivity index (χ1v) is 42.8. The number of quaternary nitrogens is 1. The summed E-state index contributed by atoms with van der Waals surface area (Å²) in [5, 5.41) is 14.2. The van der Waals surface area contributed by atoms with Crippen LogP contribution < -0.4 is 10.2 Å². The molecular weight excluding hydrogens is 1130 g/mol. The van der Waals surface area contributed by atoms with Crippen molar-refractivity contribution in [2.24, 2.45) is 0 Å². The van der Waals surface area contributed by atoms with Gasteiger partial charge in [0.05, 0.1) is 39.9 Å². The monoisotopic (exact) mass is 1290 g/mol. The molecule has 3 unspecified atom stereocenters. The van der Waals surface area contributed by atoms with E-state index in [1.165, 1.54) is 398 Å². The van der Waals surface area contributed by atoms with E-state index in [1.807, 2.05) is 21.1 Å². The van der Waals surface area contributed by atoms with Crippen LogP contribution >= 0.6 is 7.82 Å². The molecule has 0 aromatic rings. The molecule has 0 bridgehead atoms. The van der Waals surface area contributed by atoms with Gasteiger partial charge in [0.15, 0.2) is 0 Å². The van der Waals surface area contributed by atoms with Gasteiger partial charge in [0, 0.05) is 6.42 Å². The van der Waals surface area contributed by atoms with Crippen molar-refractivity contribution in [3.05, 3.63) is 0 Å². The number of nitrogens with zero attached hydrogens (tertiary/aromatic N) is 1. The van der Waals surface area contributed by atoms with E-state index in [-0.39, 0.29) is 19.1 Å². The van der Waals surface area contributed by atoms with Crippen molar-refractivity contribution in [1.29, 1.82) is 0 Å². The van der Waals surface area contributed by atoms with Gasteiger partial charge in [0.2, 0.25) is 5.91 Å². The van der Waals surface area contributed by atoms with Crippen LogP contribution in [0.1, 0.15) is 463 Å². The minimum absolute atomic E-state index is 0.0172. The van der Waals surface area contributed by atoms with Crippen LogP contribution in [0, 0.1) is 0 Å². The fraction of sp³-hybridized carbons (Fsp3) is 0.988. The van der Waals surface area contributed by atoms with Crippen molar-refractivity contribution in [2.75, 3.05) is 40.9 Å². The van der Waals surface area contributed by atoms with Crippen LogP contribution in [0.4, 0.5) is 0 Å². The summed E-state index contributed by atoms with van der Waals surface area (Å²) in [4.78, 5) is 25.8. The molecule has 8 nitrogen and oxygen atoms in total. The lowest BCUT2D eigenvalue weighted by molar-refractivity contribution is -0.870. The Hall–Kier alpha value is -0.500. The molecule has 0 rings (SSSR count). The van der Waals surface area contributed by atoms with Crippen LogP contribution in [0.25, 0.3) is 0 Å². The number of carbonyl (C=O) groups is 1. The maximum atomic E-state index is 13.1. The van der Waals surface area contributed by atoms with Crippen molar-refractivity contribution >= 4 is 13.7 Å². The molecule has 3 atom stereocenters. The van der Waals surface area contributed by atoms with E-state index in [0.717, 1.165) is 38.5 Å². The highest BCUT2D eigenvalue weighted by Gasteiger charge is 2.24. The molecule has 0 spiro atoms. The van der Waals surface area contributed by atoms with Gasteiger partial charge in [-0.05, 0) is 12.8 Å². The van der Waals surface area contributed by atoms with Crippen molar-refractivity contribution in [3.63, 3.8) is 0 Å². The molecule has 0 fully saturated rings. The summed E-state index contributed by atoms with van der Waals surface area (Å²) < 4.78 is 23.6. The number of aliphatic hydroxyl groups excluding tert-OH is 1. The Morgan fingerprint density at radius 1 is 0.344 bits per heavy atom. The Kier molecular flexibility index (Phi) is 72.4. The van der Waals surface area contributed by atoms with Crippen LogP contribution in [0.15, 0.2) is 0 Å². The summed E-state index contributed by atoms with van der Waals surface area (Å²) in [6.45, 7) is 4.81. The van der Waals surface area contributed by atoms with E-state index in [2.05, 4.69) is 19.2 Å². The average Bonchev–Trinajstić information content (AvgIpc) is 3.18. The summed E-state index contributed by atoms with van der Waals surface area (Å²) in [7, 11) is 1.34. The lowest BCUT2D eigenvalue weighted by Crippen LogP contribution is -2.46. The van der Waals surface area contributed by atoms with Crippen LogP contribution in [-0.4, -0.2) is 68.5 Å². The number of likely N-dealkylation sites (N-methyl/N-ethyl adjacent to an activating group) is 1. The zero-order chi connectivity index (χ0) is 65.5. The highest BCUT2D eigenvalue weighted by Crippen LogP contribution is 2.38. The Morgan fingerprint density at radius 3 is 0.756 bits per heavy atom. The molecule has 9 heteroatoms. The highest BCUT2D eigenvalue weighted by atomic mass is 31.2. The van der Waals surface area contributed by atoms with Gasteiger partial charge in [0.25, 0.3) is 7.82 Å². The number of unbranched alkanes of at least 4 members (excludes halogenated alkanes) is 66. The van der Waals surface area contributed by atoms with E-state index in [9.17, 15) is 19.4 Å². The van der Waals surface area contributed by atoms with Crippen molar-refractivity contribution in [2.45, 2.75) is 475 Å². The SMILES string of the molecule is CCCCCCCCCCCCCCCCCCCCCCCCCCCCCCCCCCCCCCCC(=O)NC(COP(=O)([O-])OCC[N+](C)(C)C)C(O)CCCCCCCCCCCCCCCCCCCCCCCCCCCCCCCCC. The van der Waals surface area contributed by atoms with E-state index >= 15 is 0 Å².